The summed E-state index contributed by atoms with van der Waals surface area (Å²) in [6.45, 7) is 1.53. The van der Waals surface area contributed by atoms with E-state index in [2.05, 4.69) is 21.2 Å². The monoisotopic (exact) mass is 352 g/mol. The Hall–Kier alpha value is -0.140. The molecule has 7 heteroatoms. The fraction of sp³-hybridized carbons (Fsp3) is 0.455. The molecule has 1 unspecified atom stereocenters. The molecule has 1 aromatic carbocycles. The lowest BCUT2D eigenvalue weighted by Gasteiger charge is -2.23. The number of nitrogens with one attached hydrogen (secondary N) is 1. The second-order valence-corrected chi connectivity index (χ2v) is 7.53. The molecule has 1 aliphatic heterocycles. The van der Waals surface area contributed by atoms with Crippen molar-refractivity contribution in [2.45, 2.75) is 17.4 Å². The fourth-order valence-electron chi connectivity index (χ4n) is 1.98. The lowest BCUT2D eigenvalue weighted by Crippen LogP contribution is -2.38. The number of rotatable bonds is 3. The van der Waals surface area contributed by atoms with E-state index in [9.17, 15) is 8.42 Å². The largest absolute Gasteiger partial charge is 0.315 e. The number of halogens is 2. The third-order valence-corrected chi connectivity index (χ3v) is 5.98. The van der Waals surface area contributed by atoms with E-state index in [4.69, 9.17) is 11.6 Å². The van der Waals surface area contributed by atoms with Gasteiger partial charge >= 0.3 is 0 Å². The molecule has 1 N–H and O–H groups in total. The Morgan fingerprint density at radius 2 is 2.22 bits per heavy atom. The van der Waals surface area contributed by atoms with Gasteiger partial charge in [-0.05, 0) is 31.2 Å². The molecule has 1 aliphatic rings. The maximum absolute atomic E-state index is 12.5. The molecule has 18 heavy (non-hydrogen) atoms. The highest BCUT2D eigenvalue weighted by Crippen LogP contribution is 2.28. The van der Waals surface area contributed by atoms with Gasteiger partial charge in [0.15, 0.2) is 0 Å². The first-order valence-electron chi connectivity index (χ1n) is 5.57. The van der Waals surface area contributed by atoms with Crippen molar-refractivity contribution in [3.8, 4) is 0 Å². The second-order valence-electron chi connectivity index (χ2n) is 4.24. The average molecular weight is 354 g/mol. The van der Waals surface area contributed by atoms with Crippen LogP contribution in [-0.4, -0.2) is 38.9 Å². The molecule has 0 radical (unpaired) electrons. The molecule has 0 bridgehead atoms. The van der Waals surface area contributed by atoms with E-state index < -0.39 is 10.0 Å². The Labute approximate surface area is 120 Å². The average Bonchev–Trinajstić information content (AvgIpc) is 2.84. The summed E-state index contributed by atoms with van der Waals surface area (Å²) in [5.74, 6) is 0. The third-order valence-electron chi connectivity index (χ3n) is 3.10. The number of nitrogens with zero attached hydrogens (tertiary/aromatic N) is 1. The molecule has 1 aromatic rings. The molecule has 2 rings (SSSR count). The van der Waals surface area contributed by atoms with Gasteiger partial charge in [0, 0.05) is 24.1 Å². The smallest absolute Gasteiger partial charge is 0.244 e. The summed E-state index contributed by atoms with van der Waals surface area (Å²) in [6.07, 6.45) is 0.821. The van der Waals surface area contributed by atoms with Gasteiger partial charge in [-0.2, -0.15) is 4.31 Å². The summed E-state index contributed by atoms with van der Waals surface area (Å²) in [4.78, 5) is 0.146. The Morgan fingerprint density at radius 1 is 1.50 bits per heavy atom. The van der Waals surface area contributed by atoms with Gasteiger partial charge in [-0.25, -0.2) is 8.42 Å². The third kappa shape index (κ3) is 2.72. The van der Waals surface area contributed by atoms with Gasteiger partial charge in [0.25, 0.3) is 0 Å². The quantitative estimate of drug-likeness (QED) is 0.905. The van der Waals surface area contributed by atoms with Crippen LogP contribution in [0.3, 0.4) is 0 Å². The van der Waals surface area contributed by atoms with Gasteiger partial charge < -0.3 is 5.32 Å². The molecule has 100 valence electrons. The van der Waals surface area contributed by atoms with E-state index in [0.717, 1.165) is 13.0 Å². The first kappa shape index (κ1) is 14.3. The van der Waals surface area contributed by atoms with Gasteiger partial charge in [-0.1, -0.05) is 27.5 Å². The first-order valence-corrected chi connectivity index (χ1v) is 8.18. The summed E-state index contributed by atoms with van der Waals surface area (Å²) < 4.78 is 27.1. The number of likely N-dealkylation sites (N-methyl/N-ethyl adjacent to an activating group) is 1. The summed E-state index contributed by atoms with van der Waals surface area (Å²) in [7, 11) is -1.94. The molecule has 1 fully saturated rings. The lowest BCUT2D eigenvalue weighted by molar-refractivity contribution is 0.388. The zero-order valence-corrected chi connectivity index (χ0v) is 13.0. The topological polar surface area (TPSA) is 49.4 Å². The highest BCUT2D eigenvalue weighted by atomic mass is 79.9. The predicted molar refractivity (Wildman–Crippen MR) is 75.4 cm³/mol. The minimum absolute atomic E-state index is 0.00921. The number of hydrogen-bond donors (Lipinski definition) is 1. The molecule has 0 spiro atoms. The normalized spacial score (nSPS) is 20.6. The van der Waals surface area contributed by atoms with Gasteiger partial charge in [0.2, 0.25) is 10.0 Å². The Balaban J connectivity index is 2.37. The standard InChI is InChI=1S/C11H14BrClN2O2S/c1-15(9-4-5-14-7-9)18(16,17)11-6-8(12)2-3-10(11)13/h2-3,6,9,14H,4-5,7H2,1H3. The van der Waals surface area contributed by atoms with E-state index in [1.165, 1.54) is 10.4 Å². The molecular formula is C11H14BrClN2O2S. The van der Waals surface area contributed by atoms with Crippen LogP contribution in [0.1, 0.15) is 6.42 Å². The molecule has 0 saturated carbocycles. The van der Waals surface area contributed by atoms with Crippen molar-refractivity contribution in [3.05, 3.63) is 27.7 Å². The van der Waals surface area contributed by atoms with Crippen LogP contribution in [-0.2, 0) is 10.0 Å². The zero-order valence-electron chi connectivity index (χ0n) is 9.86. The highest BCUT2D eigenvalue weighted by molar-refractivity contribution is 9.10. The molecule has 1 saturated heterocycles. The minimum Gasteiger partial charge on any atom is -0.315 e. The molecular weight excluding hydrogens is 340 g/mol. The maximum Gasteiger partial charge on any atom is 0.244 e. The van der Waals surface area contributed by atoms with E-state index in [-0.39, 0.29) is 16.0 Å². The maximum atomic E-state index is 12.5. The Morgan fingerprint density at radius 3 is 2.83 bits per heavy atom. The lowest BCUT2D eigenvalue weighted by atomic mass is 10.3. The van der Waals surface area contributed by atoms with E-state index >= 15 is 0 Å². The highest BCUT2D eigenvalue weighted by Gasteiger charge is 2.31. The molecule has 0 aliphatic carbocycles. The van der Waals surface area contributed by atoms with Crippen LogP contribution in [0, 0.1) is 0 Å². The van der Waals surface area contributed by atoms with Crippen molar-refractivity contribution in [3.63, 3.8) is 0 Å². The van der Waals surface area contributed by atoms with Gasteiger partial charge in [0.1, 0.15) is 4.90 Å². The molecule has 4 nitrogen and oxygen atoms in total. The van der Waals surface area contributed by atoms with Crippen LogP contribution < -0.4 is 5.32 Å². The second kappa shape index (κ2) is 5.46. The summed E-state index contributed by atoms with van der Waals surface area (Å²) >= 11 is 9.26. The van der Waals surface area contributed by atoms with E-state index in [1.807, 2.05) is 0 Å². The van der Waals surface area contributed by atoms with Crippen LogP contribution in [0.25, 0.3) is 0 Å². The van der Waals surface area contributed by atoms with Crippen LogP contribution in [0.2, 0.25) is 5.02 Å². The summed E-state index contributed by atoms with van der Waals surface area (Å²) in [5.41, 5.74) is 0. The van der Waals surface area contributed by atoms with E-state index in [1.54, 1.807) is 19.2 Å². The van der Waals surface area contributed by atoms with Gasteiger partial charge in [-0.15, -0.1) is 0 Å². The number of sulfonamides is 1. The molecule has 1 atom stereocenters. The van der Waals surface area contributed by atoms with Crippen LogP contribution in [0.5, 0.6) is 0 Å². The van der Waals surface area contributed by atoms with Crippen LogP contribution in [0.15, 0.2) is 27.6 Å². The van der Waals surface area contributed by atoms with Gasteiger partial charge in [0.05, 0.1) is 5.02 Å². The number of benzene rings is 1. The van der Waals surface area contributed by atoms with E-state index in [0.29, 0.717) is 11.0 Å². The van der Waals surface area contributed by atoms with Crippen molar-refractivity contribution in [1.82, 2.24) is 9.62 Å². The molecule has 0 amide bonds. The molecule has 1 heterocycles. The van der Waals surface area contributed by atoms with Crippen molar-refractivity contribution in [2.24, 2.45) is 0 Å². The number of hydrogen-bond acceptors (Lipinski definition) is 3. The van der Waals surface area contributed by atoms with Crippen LogP contribution in [0.4, 0.5) is 0 Å². The first-order chi connectivity index (χ1) is 8.43. The SMILES string of the molecule is CN(C1CCNC1)S(=O)(=O)c1cc(Br)ccc1Cl. The summed E-state index contributed by atoms with van der Waals surface area (Å²) in [5, 5.41) is 3.40. The van der Waals surface area contributed by atoms with Gasteiger partial charge in [-0.3, -0.25) is 0 Å². The van der Waals surface area contributed by atoms with Crippen molar-refractivity contribution >= 4 is 37.6 Å². The minimum atomic E-state index is -3.54. The fourth-order valence-corrected chi connectivity index (χ4v) is 4.37. The Kier molecular flexibility index (Phi) is 4.33. The zero-order chi connectivity index (χ0) is 13.3. The van der Waals surface area contributed by atoms with Crippen LogP contribution >= 0.6 is 27.5 Å². The van der Waals surface area contributed by atoms with Crippen molar-refractivity contribution in [1.29, 1.82) is 0 Å². The summed E-state index contributed by atoms with van der Waals surface area (Å²) in [6, 6.07) is 4.83. The predicted octanol–water partition coefficient (Wildman–Crippen LogP) is 2.08. The van der Waals surface area contributed by atoms with Crippen molar-refractivity contribution < 1.29 is 8.42 Å². The van der Waals surface area contributed by atoms with Crippen molar-refractivity contribution in [2.75, 3.05) is 20.1 Å². The Bertz CT molecular complexity index is 544. The molecule has 0 aromatic heterocycles.